The third-order valence-corrected chi connectivity index (χ3v) is 4.22. The number of aliphatic carboxylic acids is 1. The van der Waals surface area contributed by atoms with Crippen LogP contribution in [-0.4, -0.2) is 60.8 Å². The summed E-state index contributed by atoms with van der Waals surface area (Å²) in [6, 6.07) is 0. The summed E-state index contributed by atoms with van der Waals surface area (Å²) in [5.41, 5.74) is 0. The molecule has 7 nitrogen and oxygen atoms in total. The minimum atomic E-state index is -0.898. The van der Waals surface area contributed by atoms with Gasteiger partial charge in [-0.3, -0.25) is 14.4 Å². The first-order valence-corrected chi connectivity index (χ1v) is 7.23. The standard InChI is InChI=1S/C14H21NO6/c1-20-12(16)7-9-8-15(5-6-21-9)13(17)10-3-2-4-11(10)14(18)19/h9-11H,2-8H2,1H3,(H,18,19)/t9?,10-,11+/m1/s1. The molecule has 0 radical (unpaired) electrons. The highest BCUT2D eigenvalue weighted by molar-refractivity contribution is 5.85. The predicted molar refractivity (Wildman–Crippen MR) is 71.4 cm³/mol. The van der Waals surface area contributed by atoms with Crippen LogP contribution < -0.4 is 0 Å². The van der Waals surface area contributed by atoms with Crippen molar-refractivity contribution >= 4 is 17.8 Å². The van der Waals surface area contributed by atoms with E-state index in [0.29, 0.717) is 32.5 Å². The fourth-order valence-electron chi connectivity index (χ4n) is 3.10. The van der Waals surface area contributed by atoms with E-state index in [9.17, 15) is 19.5 Å². The molecule has 1 amide bonds. The van der Waals surface area contributed by atoms with Crippen molar-refractivity contribution in [1.29, 1.82) is 0 Å². The maximum absolute atomic E-state index is 12.5. The van der Waals surface area contributed by atoms with Crippen molar-refractivity contribution in [3.63, 3.8) is 0 Å². The van der Waals surface area contributed by atoms with Crippen molar-refractivity contribution in [2.24, 2.45) is 11.8 Å². The number of morpholine rings is 1. The van der Waals surface area contributed by atoms with Gasteiger partial charge in [-0.2, -0.15) is 0 Å². The number of amides is 1. The Morgan fingerprint density at radius 1 is 1.29 bits per heavy atom. The second-order valence-electron chi connectivity index (χ2n) is 5.54. The maximum Gasteiger partial charge on any atom is 0.308 e. The largest absolute Gasteiger partial charge is 0.481 e. The van der Waals surface area contributed by atoms with E-state index in [1.807, 2.05) is 0 Å². The van der Waals surface area contributed by atoms with Gasteiger partial charge in [0.1, 0.15) is 0 Å². The minimum absolute atomic E-state index is 0.104. The number of methoxy groups -OCH3 is 1. The third-order valence-electron chi connectivity index (χ3n) is 4.22. The van der Waals surface area contributed by atoms with E-state index < -0.39 is 17.8 Å². The van der Waals surface area contributed by atoms with Gasteiger partial charge in [-0.15, -0.1) is 0 Å². The molecule has 1 aliphatic carbocycles. The molecule has 118 valence electrons. The molecule has 1 N–H and O–H groups in total. The van der Waals surface area contributed by atoms with Crippen LogP contribution in [0.5, 0.6) is 0 Å². The number of carboxylic acids is 1. The van der Waals surface area contributed by atoms with Crippen LogP contribution >= 0.6 is 0 Å². The van der Waals surface area contributed by atoms with E-state index in [1.165, 1.54) is 7.11 Å². The highest BCUT2D eigenvalue weighted by Crippen LogP contribution is 2.33. The number of esters is 1. The number of carbonyl (C=O) groups is 3. The van der Waals surface area contributed by atoms with Crippen LogP contribution in [-0.2, 0) is 23.9 Å². The van der Waals surface area contributed by atoms with E-state index in [4.69, 9.17) is 4.74 Å². The Hall–Kier alpha value is -1.63. The summed E-state index contributed by atoms with van der Waals surface area (Å²) < 4.78 is 10.1. The van der Waals surface area contributed by atoms with E-state index in [1.54, 1.807) is 4.90 Å². The lowest BCUT2D eigenvalue weighted by Crippen LogP contribution is -2.49. The molecule has 3 atom stereocenters. The van der Waals surface area contributed by atoms with E-state index in [2.05, 4.69) is 4.74 Å². The quantitative estimate of drug-likeness (QED) is 0.749. The lowest BCUT2D eigenvalue weighted by atomic mass is 9.94. The molecule has 0 bridgehead atoms. The van der Waals surface area contributed by atoms with Crippen LogP contribution in [0.15, 0.2) is 0 Å². The summed E-state index contributed by atoms with van der Waals surface area (Å²) in [4.78, 5) is 36.6. The summed E-state index contributed by atoms with van der Waals surface area (Å²) in [7, 11) is 1.31. The number of ether oxygens (including phenoxy) is 2. The number of hydrogen-bond acceptors (Lipinski definition) is 5. The fourth-order valence-corrected chi connectivity index (χ4v) is 3.10. The Kier molecular flexibility index (Phi) is 5.17. The van der Waals surface area contributed by atoms with Crippen molar-refractivity contribution in [3.8, 4) is 0 Å². The Balaban J connectivity index is 1.95. The molecule has 0 spiro atoms. The van der Waals surface area contributed by atoms with Crippen molar-refractivity contribution in [3.05, 3.63) is 0 Å². The maximum atomic E-state index is 12.5. The van der Waals surface area contributed by atoms with Crippen LogP contribution in [0.1, 0.15) is 25.7 Å². The number of carboxylic acid groups (broad SMARTS) is 1. The molecule has 1 saturated heterocycles. The zero-order chi connectivity index (χ0) is 15.4. The monoisotopic (exact) mass is 299 g/mol. The Bertz CT molecular complexity index is 424. The summed E-state index contributed by atoms with van der Waals surface area (Å²) >= 11 is 0. The molecule has 1 saturated carbocycles. The van der Waals surface area contributed by atoms with Crippen LogP contribution in [0.3, 0.4) is 0 Å². The molecule has 1 aliphatic heterocycles. The highest BCUT2D eigenvalue weighted by atomic mass is 16.5. The fraction of sp³-hybridized carbons (Fsp3) is 0.786. The Morgan fingerprint density at radius 3 is 2.67 bits per heavy atom. The third kappa shape index (κ3) is 3.72. The normalized spacial score (nSPS) is 29.2. The van der Waals surface area contributed by atoms with Crippen molar-refractivity contribution < 1.29 is 29.0 Å². The molecule has 2 aliphatic rings. The second-order valence-corrected chi connectivity index (χ2v) is 5.54. The lowest BCUT2D eigenvalue weighted by Gasteiger charge is -2.34. The Morgan fingerprint density at radius 2 is 2.00 bits per heavy atom. The molecule has 7 heteroatoms. The zero-order valence-electron chi connectivity index (χ0n) is 12.1. The van der Waals surface area contributed by atoms with Crippen LogP contribution in [0.2, 0.25) is 0 Å². The molecular weight excluding hydrogens is 278 g/mol. The number of carbonyl (C=O) groups excluding carboxylic acids is 2. The smallest absolute Gasteiger partial charge is 0.308 e. The molecular formula is C14H21NO6. The molecule has 0 aromatic heterocycles. The van der Waals surface area contributed by atoms with Crippen molar-refractivity contribution in [2.75, 3.05) is 26.8 Å². The molecule has 2 rings (SSSR count). The SMILES string of the molecule is COC(=O)CC1CN(C(=O)[C@@H]2CCC[C@@H]2C(=O)O)CCO1. The predicted octanol–water partition coefficient (Wildman–Crippen LogP) is 0.278. The summed E-state index contributed by atoms with van der Waals surface area (Å²) in [6.45, 7) is 1.12. The van der Waals surface area contributed by atoms with Crippen LogP contribution in [0, 0.1) is 11.8 Å². The number of rotatable bonds is 4. The second kappa shape index (κ2) is 6.89. The molecule has 0 aromatic carbocycles. The first-order valence-electron chi connectivity index (χ1n) is 7.23. The van der Waals surface area contributed by atoms with Crippen LogP contribution in [0.25, 0.3) is 0 Å². The first kappa shape index (κ1) is 15.8. The van der Waals surface area contributed by atoms with Gasteiger partial charge in [0, 0.05) is 13.1 Å². The lowest BCUT2D eigenvalue weighted by molar-refractivity contribution is -0.155. The summed E-state index contributed by atoms with van der Waals surface area (Å²) in [6.07, 6.45) is 1.67. The van der Waals surface area contributed by atoms with E-state index in [-0.39, 0.29) is 24.4 Å². The van der Waals surface area contributed by atoms with E-state index in [0.717, 1.165) is 6.42 Å². The molecule has 0 aromatic rings. The number of hydrogen-bond donors (Lipinski definition) is 1. The van der Waals surface area contributed by atoms with E-state index >= 15 is 0 Å². The highest BCUT2D eigenvalue weighted by Gasteiger charge is 2.40. The van der Waals surface area contributed by atoms with Gasteiger partial charge in [-0.25, -0.2) is 0 Å². The average molecular weight is 299 g/mol. The Labute approximate surface area is 123 Å². The van der Waals surface area contributed by atoms with Crippen molar-refractivity contribution in [2.45, 2.75) is 31.8 Å². The first-order chi connectivity index (χ1) is 10.0. The van der Waals surface area contributed by atoms with Gasteiger partial charge in [0.05, 0.1) is 38.1 Å². The minimum Gasteiger partial charge on any atom is -0.481 e. The zero-order valence-corrected chi connectivity index (χ0v) is 12.1. The van der Waals surface area contributed by atoms with Crippen molar-refractivity contribution in [1.82, 2.24) is 4.90 Å². The van der Waals surface area contributed by atoms with Gasteiger partial charge in [-0.1, -0.05) is 6.42 Å². The van der Waals surface area contributed by atoms with Gasteiger partial charge >= 0.3 is 11.9 Å². The molecule has 1 heterocycles. The number of nitrogens with zero attached hydrogens (tertiary/aromatic N) is 1. The topological polar surface area (TPSA) is 93.1 Å². The van der Waals surface area contributed by atoms with Gasteiger partial charge in [-0.05, 0) is 12.8 Å². The van der Waals surface area contributed by atoms with Gasteiger partial charge in [0.2, 0.25) is 5.91 Å². The summed E-state index contributed by atoms with van der Waals surface area (Å²) in [5.74, 6) is -2.43. The molecule has 2 fully saturated rings. The molecule has 21 heavy (non-hydrogen) atoms. The van der Waals surface area contributed by atoms with Gasteiger partial charge in [0.25, 0.3) is 0 Å². The summed E-state index contributed by atoms with van der Waals surface area (Å²) in [5, 5.41) is 9.18. The van der Waals surface area contributed by atoms with Gasteiger partial charge in [0.15, 0.2) is 0 Å². The molecule has 1 unspecified atom stereocenters. The average Bonchev–Trinajstić information content (AvgIpc) is 2.96. The van der Waals surface area contributed by atoms with Crippen LogP contribution in [0.4, 0.5) is 0 Å². The van der Waals surface area contributed by atoms with Gasteiger partial charge < -0.3 is 19.5 Å².